The minimum Gasteiger partial charge on any atom is -0.497 e. The average molecular weight is 322 g/mol. The summed E-state index contributed by atoms with van der Waals surface area (Å²) in [5.74, 6) is 0.170. The lowest BCUT2D eigenvalue weighted by molar-refractivity contribution is -0.141. The Balaban J connectivity index is 1.85. The van der Waals surface area contributed by atoms with Gasteiger partial charge in [-0.05, 0) is 36.6 Å². The molecule has 0 aromatic heterocycles. The van der Waals surface area contributed by atoms with Gasteiger partial charge >= 0.3 is 12.0 Å². The van der Waals surface area contributed by atoms with Crippen molar-refractivity contribution in [3.63, 3.8) is 0 Å². The van der Waals surface area contributed by atoms with Gasteiger partial charge in [-0.1, -0.05) is 0 Å². The molecule has 126 valence electrons. The molecule has 1 unspecified atom stereocenters. The van der Waals surface area contributed by atoms with E-state index in [-0.39, 0.29) is 12.6 Å². The van der Waals surface area contributed by atoms with E-state index in [9.17, 15) is 9.59 Å². The molecule has 1 heterocycles. The molecule has 1 fully saturated rings. The summed E-state index contributed by atoms with van der Waals surface area (Å²) >= 11 is 0. The summed E-state index contributed by atoms with van der Waals surface area (Å²) in [6.07, 6.45) is 1.11. The number of carbonyl (C=O) groups excluding carboxylic acids is 1. The predicted molar refractivity (Wildman–Crippen MR) is 84.0 cm³/mol. The second kappa shape index (κ2) is 7.71. The SMILES string of the molecule is COc1ccc(OC)c(CCNC(=O)N2CCC(C(=O)O)C2)c1. The van der Waals surface area contributed by atoms with E-state index < -0.39 is 11.9 Å². The zero-order valence-corrected chi connectivity index (χ0v) is 13.4. The number of urea groups is 1. The van der Waals surface area contributed by atoms with Crippen LogP contribution in [0, 0.1) is 5.92 Å². The first kappa shape index (κ1) is 16.9. The molecule has 1 atom stereocenters. The van der Waals surface area contributed by atoms with Gasteiger partial charge in [0.1, 0.15) is 11.5 Å². The molecule has 2 N–H and O–H groups in total. The van der Waals surface area contributed by atoms with Crippen LogP contribution in [-0.2, 0) is 11.2 Å². The minimum absolute atomic E-state index is 0.226. The Labute approximate surface area is 135 Å². The molecule has 2 amide bonds. The van der Waals surface area contributed by atoms with Crippen molar-refractivity contribution in [1.29, 1.82) is 0 Å². The monoisotopic (exact) mass is 322 g/mol. The van der Waals surface area contributed by atoms with E-state index in [0.29, 0.717) is 25.9 Å². The lowest BCUT2D eigenvalue weighted by Gasteiger charge is -2.17. The molecule has 1 aliphatic heterocycles. The van der Waals surface area contributed by atoms with Crippen LogP contribution >= 0.6 is 0 Å². The topological polar surface area (TPSA) is 88.1 Å². The van der Waals surface area contributed by atoms with Crippen LogP contribution in [0.1, 0.15) is 12.0 Å². The number of benzene rings is 1. The van der Waals surface area contributed by atoms with E-state index in [1.54, 1.807) is 19.1 Å². The third-order valence-corrected chi connectivity index (χ3v) is 3.98. The van der Waals surface area contributed by atoms with Gasteiger partial charge in [0.25, 0.3) is 0 Å². The van der Waals surface area contributed by atoms with Gasteiger partial charge in [0, 0.05) is 19.6 Å². The van der Waals surface area contributed by atoms with Crippen LogP contribution in [0.4, 0.5) is 4.79 Å². The zero-order chi connectivity index (χ0) is 16.8. The lowest BCUT2D eigenvalue weighted by atomic mass is 10.1. The van der Waals surface area contributed by atoms with Crippen LogP contribution in [0.25, 0.3) is 0 Å². The van der Waals surface area contributed by atoms with Gasteiger partial charge in [-0.25, -0.2) is 4.79 Å². The predicted octanol–water partition coefficient (Wildman–Crippen LogP) is 1.36. The van der Waals surface area contributed by atoms with E-state index in [4.69, 9.17) is 14.6 Å². The Bertz CT molecular complexity index is 576. The summed E-state index contributed by atoms with van der Waals surface area (Å²) in [5.41, 5.74) is 0.942. The fourth-order valence-corrected chi connectivity index (χ4v) is 2.64. The fourth-order valence-electron chi connectivity index (χ4n) is 2.64. The molecular weight excluding hydrogens is 300 g/mol. The maximum absolute atomic E-state index is 12.0. The van der Waals surface area contributed by atoms with Crippen molar-refractivity contribution in [2.45, 2.75) is 12.8 Å². The van der Waals surface area contributed by atoms with E-state index in [1.807, 2.05) is 18.2 Å². The highest BCUT2D eigenvalue weighted by molar-refractivity contribution is 5.77. The number of aliphatic carboxylic acids is 1. The maximum Gasteiger partial charge on any atom is 0.317 e. The van der Waals surface area contributed by atoms with E-state index in [1.165, 1.54) is 0 Å². The quantitative estimate of drug-likeness (QED) is 0.826. The van der Waals surface area contributed by atoms with E-state index in [0.717, 1.165) is 17.1 Å². The summed E-state index contributed by atoms with van der Waals surface area (Å²) < 4.78 is 10.5. The van der Waals surface area contributed by atoms with Crippen LogP contribution in [-0.4, -0.2) is 55.9 Å². The van der Waals surface area contributed by atoms with Crippen LogP contribution in [0.15, 0.2) is 18.2 Å². The number of likely N-dealkylation sites (tertiary alicyclic amines) is 1. The Morgan fingerprint density at radius 1 is 1.35 bits per heavy atom. The van der Waals surface area contributed by atoms with Crippen LogP contribution in [0.2, 0.25) is 0 Å². The van der Waals surface area contributed by atoms with Crippen LogP contribution in [0.3, 0.4) is 0 Å². The van der Waals surface area contributed by atoms with E-state index >= 15 is 0 Å². The molecule has 2 rings (SSSR count). The number of carboxylic acid groups (broad SMARTS) is 1. The number of methoxy groups -OCH3 is 2. The number of nitrogens with one attached hydrogen (secondary N) is 1. The van der Waals surface area contributed by atoms with Gasteiger partial charge < -0.3 is 24.8 Å². The number of ether oxygens (including phenoxy) is 2. The van der Waals surface area contributed by atoms with E-state index in [2.05, 4.69) is 5.32 Å². The largest absolute Gasteiger partial charge is 0.497 e. The van der Waals surface area contributed by atoms with Gasteiger partial charge in [0.05, 0.1) is 20.1 Å². The van der Waals surface area contributed by atoms with Crippen molar-refractivity contribution in [1.82, 2.24) is 10.2 Å². The number of amides is 2. The standard InChI is InChI=1S/C16H22N2O5/c1-22-13-3-4-14(23-2)11(9-13)5-7-17-16(21)18-8-6-12(10-18)15(19)20/h3-4,9,12H,5-8,10H2,1-2H3,(H,17,21)(H,19,20). The molecule has 7 heteroatoms. The van der Waals surface area contributed by atoms with Crippen molar-refractivity contribution in [3.8, 4) is 11.5 Å². The molecule has 0 radical (unpaired) electrons. The van der Waals surface area contributed by atoms with Crippen molar-refractivity contribution >= 4 is 12.0 Å². The molecule has 1 saturated heterocycles. The minimum atomic E-state index is -0.846. The summed E-state index contributed by atoms with van der Waals surface area (Å²) in [6.45, 7) is 1.19. The Morgan fingerprint density at radius 2 is 2.13 bits per heavy atom. The van der Waals surface area contributed by atoms with Gasteiger partial charge in [-0.3, -0.25) is 4.79 Å². The van der Waals surface area contributed by atoms with Gasteiger partial charge in [0.2, 0.25) is 0 Å². The highest BCUT2D eigenvalue weighted by Gasteiger charge is 2.30. The summed E-state index contributed by atoms with van der Waals surface area (Å²) in [7, 11) is 3.19. The Morgan fingerprint density at radius 3 is 2.74 bits per heavy atom. The number of hydrogen-bond donors (Lipinski definition) is 2. The molecule has 1 aromatic carbocycles. The van der Waals surface area contributed by atoms with Gasteiger partial charge in [0.15, 0.2) is 0 Å². The molecule has 1 aliphatic rings. The van der Waals surface area contributed by atoms with Crippen molar-refractivity contribution in [2.24, 2.45) is 5.92 Å². The Hall–Kier alpha value is -2.44. The third-order valence-electron chi connectivity index (χ3n) is 3.98. The molecule has 7 nitrogen and oxygen atoms in total. The first-order valence-electron chi connectivity index (χ1n) is 7.51. The normalized spacial score (nSPS) is 17.0. The van der Waals surface area contributed by atoms with Crippen LogP contribution in [0.5, 0.6) is 11.5 Å². The highest BCUT2D eigenvalue weighted by atomic mass is 16.5. The van der Waals surface area contributed by atoms with Crippen molar-refractivity contribution in [2.75, 3.05) is 33.9 Å². The lowest BCUT2D eigenvalue weighted by Crippen LogP contribution is -2.39. The third kappa shape index (κ3) is 4.28. The molecule has 0 aliphatic carbocycles. The first-order chi connectivity index (χ1) is 11.0. The van der Waals surface area contributed by atoms with Crippen molar-refractivity contribution in [3.05, 3.63) is 23.8 Å². The fraction of sp³-hybridized carbons (Fsp3) is 0.500. The Kier molecular flexibility index (Phi) is 5.67. The van der Waals surface area contributed by atoms with Gasteiger partial charge in [-0.2, -0.15) is 0 Å². The maximum atomic E-state index is 12.0. The average Bonchev–Trinajstić information content (AvgIpc) is 3.05. The number of carbonyl (C=O) groups is 2. The summed E-state index contributed by atoms with van der Waals surface area (Å²) in [4.78, 5) is 24.5. The summed E-state index contributed by atoms with van der Waals surface area (Å²) in [5, 5.41) is 11.8. The smallest absolute Gasteiger partial charge is 0.317 e. The second-order valence-corrected chi connectivity index (χ2v) is 5.43. The molecule has 0 spiro atoms. The number of carboxylic acids is 1. The molecule has 1 aromatic rings. The molecular formula is C16H22N2O5. The number of hydrogen-bond acceptors (Lipinski definition) is 4. The van der Waals surface area contributed by atoms with Crippen molar-refractivity contribution < 1.29 is 24.2 Å². The zero-order valence-electron chi connectivity index (χ0n) is 13.4. The van der Waals surface area contributed by atoms with Crippen LogP contribution < -0.4 is 14.8 Å². The number of rotatable bonds is 6. The molecule has 23 heavy (non-hydrogen) atoms. The molecule has 0 bridgehead atoms. The number of nitrogens with zero attached hydrogens (tertiary/aromatic N) is 1. The highest BCUT2D eigenvalue weighted by Crippen LogP contribution is 2.24. The van der Waals surface area contributed by atoms with Gasteiger partial charge in [-0.15, -0.1) is 0 Å². The summed E-state index contributed by atoms with van der Waals surface area (Å²) in [6, 6.07) is 5.29. The first-order valence-corrected chi connectivity index (χ1v) is 7.51. The second-order valence-electron chi connectivity index (χ2n) is 5.43. The molecule has 0 saturated carbocycles.